The molecule has 0 heterocycles. The molecule has 3 rings (SSSR count). The molecular weight excluding hydrogens is 576 g/mol. The number of carbonyl (C=O) groups is 2. The summed E-state index contributed by atoms with van der Waals surface area (Å²) in [6.45, 7) is 6.45. The Labute approximate surface area is 244 Å². The van der Waals surface area contributed by atoms with Crippen molar-refractivity contribution in [3.63, 3.8) is 0 Å². The summed E-state index contributed by atoms with van der Waals surface area (Å²) < 4.78 is 42.0. The van der Waals surface area contributed by atoms with Gasteiger partial charge >= 0.3 is 0 Å². The van der Waals surface area contributed by atoms with Crippen LogP contribution in [0.4, 0.5) is 10.1 Å². The summed E-state index contributed by atoms with van der Waals surface area (Å²) in [6.07, 6.45) is 0.242. The summed E-state index contributed by atoms with van der Waals surface area (Å²) in [6, 6.07) is 16.4. The second kappa shape index (κ2) is 13.0. The van der Waals surface area contributed by atoms with Crippen molar-refractivity contribution in [2.75, 3.05) is 10.8 Å². The molecule has 1 N–H and O–H groups in total. The Morgan fingerprint density at radius 1 is 0.925 bits per heavy atom. The van der Waals surface area contributed by atoms with E-state index in [1.807, 2.05) is 20.8 Å². The summed E-state index contributed by atoms with van der Waals surface area (Å²) in [5.41, 5.74) is 0.0698. The number of hydrogen-bond acceptors (Lipinski definition) is 4. The molecule has 0 fully saturated rings. The molecule has 0 bridgehead atoms. The molecule has 40 heavy (non-hydrogen) atoms. The van der Waals surface area contributed by atoms with Crippen LogP contribution in [0.3, 0.4) is 0 Å². The number of nitrogens with one attached hydrogen (secondary N) is 1. The second-order valence-corrected chi connectivity index (χ2v) is 12.9. The molecule has 0 aliphatic carbocycles. The number of para-hydroxylation sites is 1. The molecule has 11 heteroatoms. The Kier molecular flexibility index (Phi) is 10.2. The fourth-order valence-corrected chi connectivity index (χ4v) is 6.01. The molecule has 1 unspecified atom stereocenters. The van der Waals surface area contributed by atoms with Gasteiger partial charge in [-0.1, -0.05) is 54.4 Å². The number of anilines is 1. The zero-order valence-electron chi connectivity index (χ0n) is 22.7. The first-order chi connectivity index (χ1) is 18.7. The smallest absolute Gasteiger partial charge is 0.264 e. The molecule has 0 saturated heterocycles. The number of rotatable bonds is 10. The van der Waals surface area contributed by atoms with Gasteiger partial charge in [0.1, 0.15) is 18.4 Å². The van der Waals surface area contributed by atoms with Crippen molar-refractivity contribution in [3.8, 4) is 0 Å². The van der Waals surface area contributed by atoms with E-state index in [2.05, 4.69) is 5.32 Å². The zero-order chi connectivity index (χ0) is 29.7. The van der Waals surface area contributed by atoms with Crippen molar-refractivity contribution in [2.24, 2.45) is 0 Å². The van der Waals surface area contributed by atoms with Crippen molar-refractivity contribution in [1.29, 1.82) is 0 Å². The largest absolute Gasteiger partial charge is 0.350 e. The summed E-state index contributed by atoms with van der Waals surface area (Å²) in [5.74, 6) is -1.65. The van der Waals surface area contributed by atoms with Gasteiger partial charge < -0.3 is 10.2 Å². The van der Waals surface area contributed by atoms with Crippen molar-refractivity contribution in [3.05, 3.63) is 94.2 Å². The highest BCUT2D eigenvalue weighted by atomic mass is 35.5. The normalized spacial score (nSPS) is 12.5. The van der Waals surface area contributed by atoms with Gasteiger partial charge in [0.15, 0.2) is 0 Å². The van der Waals surface area contributed by atoms with Crippen LogP contribution in [0.25, 0.3) is 0 Å². The van der Waals surface area contributed by atoms with Gasteiger partial charge in [-0.25, -0.2) is 12.8 Å². The standard InChI is InChI=1S/C29H32Cl2FN3O4S/c1-5-26(28(37)33-29(2,3)4)34(18-23-24(30)12-9-13-25(23)31)27(36)19-35(21-10-7-6-8-11-21)40(38,39)22-16-14-20(32)15-17-22/h6-17,26H,5,18-19H2,1-4H3,(H,33,37). The SMILES string of the molecule is CCC(C(=O)NC(C)(C)C)N(Cc1c(Cl)cccc1Cl)C(=O)CN(c1ccccc1)S(=O)(=O)c1ccc(F)cc1. The molecule has 0 radical (unpaired) electrons. The van der Waals surface area contributed by atoms with E-state index < -0.39 is 45.8 Å². The molecule has 1 atom stereocenters. The van der Waals surface area contributed by atoms with Crippen LogP contribution in [-0.2, 0) is 26.2 Å². The number of nitrogens with zero attached hydrogens (tertiary/aromatic N) is 2. The minimum Gasteiger partial charge on any atom is -0.350 e. The van der Waals surface area contributed by atoms with Crippen LogP contribution < -0.4 is 9.62 Å². The average molecular weight is 609 g/mol. The number of benzene rings is 3. The molecule has 2 amide bonds. The van der Waals surface area contributed by atoms with E-state index in [1.54, 1.807) is 55.5 Å². The number of carbonyl (C=O) groups excluding carboxylic acids is 2. The van der Waals surface area contributed by atoms with Crippen molar-refractivity contribution in [2.45, 2.75) is 57.1 Å². The summed E-state index contributed by atoms with van der Waals surface area (Å²) >= 11 is 12.8. The molecule has 214 valence electrons. The van der Waals surface area contributed by atoms with E-state index in [0.29, 0.717) is 15.6 Å². The molecule has 0 aliphatic heterocycles. The van der Waals surface area contributed by atoms with Crippen LogP contribution in [-0.4, -0.2) is 43.3 Å². The Bertz CT molecular complexity index is 1430. The molecule has 0 spiro atoms. The topological polar surface area (TPSA) is 86.8 Å². The number of amides is 2. The molecule has 0 aromatic heterocycles. The molecule has 0 aliphatic rings. The molecule has 3 aromatic carbocycles. The van der Waals surface area contributed by atoms with Crippen molar-refractivity contribution < 1.29 is 22.4 Å². The van der Waals surface area contributed by atoms with Crippen molar-refractivity contribution >= 4 is 50.7 Å². The van der Waals surface area contributed by atoms with Gasteiger partial charge in [-0.05, 0) is 75.7 Å². The van der Waals surface area contributed by atoms with E-state index in [9.17, 15) is 22.4 Å². The Hall–Kier alpha value is -3.14. The fourth-order valence-electron chi connectivity index (χ4n) is 4.08. The van der Waals surface area contributed by atoms with E-state index in [1.165, 1.54) is 4.90 Å². The van der Waals surface area contributed by atoms with Crippen LogP contribution in [0.15, 0.2) is 77.7 Å². The maximum atomic E-state index is 14.1. The zero-order valence-corrected chi connectivity index (χ0v) is 25.0. The van der Waals surface area contributed by atoms with E-state index in [0.717, 1.165) is 28.6 Å². The predicted molar refractivity (Wildman–Crippen MR) is 156 cm³/mol. The quantitative estimate of drug-likeness (QED) is 0.304. The van der Waals surface area contributed by atoms with E-state index in [4.69, 9.17) is 23.2 Å². The minimum absolute atomic E-state index is 0.132. The highest BCUT2D eigenvalue weighted by Crippen LogP contribution is 2.29. The third-order valence-corrected chi connectivity index (χ3v) is 8.50. The highest BCUT2D eigenvalue weighted by molar-refractivity contribution is 7.92. The number of hydrogen-bond donors (Lipinski definition) is 1. The maximum Gasteiger partial charge on any atom is 0.264 e. The predicted octanol–water partition coefficient (Wildman–Crippen LogP) is 6.05. The monoisotopic (exact) mass is 607 g/mol. The Morgan fingerprint density at radius 2 is 1.50 bits per heavy atom. The van der Waals surface area contributed by atoms with Gasteiger partial charge in [-0.2, -0.15) is 0 Å². The maximum absolute atomic E-state index is 14.1. The van der Waals surface area contributed by atoms with E-state index in [-0.39, 0.29) is 23.5 Å². The van der Waals surface area contributed by atoms with Gasteiger partial charge in [0, 0.05) is 27.7 Å². The van der Waals surface area contributed by atoms with Crippen molar-refractivity contribution in [1.82, 2.24) is 10.2 Å². The van der Waals surface area contributed by atoms with Gasteiger partial charge in [-0.15, -0.1) is 0 Å². The van der Waals surface area contributed by atoms with Gasteiger partial charge in [0.25, 0.3) is 10.0 Å². The third kappa shape index (κ3) is 7.74. The van der Waals surface area contributed by atoms with Crippen LogP contribution in [0.5, 0.6) is 0 Å². The minimum atomic E-state index is -4.30. The van der Waals surface area contributed by atoms with Crippen LogP contribution in [0.2, 0.25) is 10.0 Å². The van der Waals surface area contributed by atoms with Crippen LogP contribution >= 0.6 is 23.2 Å². The lowest BCUT2D eigenvalue weighted by atomic mass is 10.1. The third-order valence-electron chi connectivity index (χ3n) is 6.00. The first-order valence-electron chi connectivity index (χ1n) is 12.6. The highest BCUT2D eigenvalue weighted by Gasteiger charge is 2.35. The molecule has 0 saturated carbocycles. The molecular formula is C29H32Cl2FN3O4S. The van der Waals surface area contributed by atoms with Gasteiger partial charge in [0.2, 0.25) is 11.8 Å². The summed E-state index contributed by atoms with van der Waals surface area (Å²) in [5, 5.41) is 3.50. The lowest BCUT2D eigenvalue weighted by molar-refractivity contribution is -0.141. The molecule has 3 aromatic rings. The first kappa shape index (κ1) is 31.4. The summed E-state index contributed by atoms with van der Waals surface area (Å²) in [4.78, 5) is 28.5. The first-order valence-corrected chi connectivity index (χ1v) is 14.8. The number of sulfonamides is 1. The van der Waals surface area contributed by atoms with Crippen LogP contribution in [0.1, 0.15) is 39.7 Å². The average Bonchev–Trinajstić information content (AvgIpc) is 2.88. The van der Waals surface area contributed by atoms with Gasteiger partial charge in [-0.3, -0.25) is 13.9 Å². The van der Waals surface area contributed by atoms with Crippen LogP contribution in [0, 0.1) is 5.82 Å². The fraction of sp³-hybridized carbons (Fsp3) is 0.310. The summed E-state index contributed by atoms with van der Waals surface area (Å²) in [7, 11) is -4.30. The van der Waals surface area contributed by atoms with Gasteiger partial charge in [0.05, 0.1) is 10.6 Å². The Balaban J connectivity index is 2.09. The molecule has 7 nitrogen and oxygen atoms in total. The Morgan fingerprint density at radius 3 is 2.02 bits per heavy atom. The number of halogens is 3. The lowest BCUT2D eigenvalue weighted by Gasteiger charge is -2.35. The van der Waals surface area contributed by atoms with E-state index >= 15 is 0 Å². The second-order valence-electron chi connectivity index (χ2n) is 10.2. The lowest BCUT2D eigenvalue weighted by Crippen LogP contribution is -2.55.